The van der Waals surface area contributed by atoms with Crippen molar-refractivity contribution in [2.75, 3.05) is 7.11 Å². The summed E-state index contributed by atoms with van der Waals surface area (Å²) < 4.78 is 4.86. The van der Waals surface area contributed by atoms with Gasteiger partial charge in [0, 0.05) is 5.57 Å². The van der Waals surface area contributed by atoms with Crippen molar-refractivity contribution in [1.82, 2.24) is 0 Å². The van der Waals surface area contributed by atoms with Crippen molar-refractivity contribution in [1.29, 1.82) is 0 Å². The van der Waals surface area contributed by atoms with Gasteiger partial charge in [0.05, 0.1) is 7.11 Å². The third kappa shape index (κ3) is 0.999. The molecule has 2 atom stereocenters. The zero-order valence-electron chi connectivity index (χ0n) is 8.53. The Morgan fingerprint density at radius 1 is 1.36 bits per heavy atom. The molecule has 0 amide bonds. The van der Waals surface area contributed by atoms with Crippen LogP contribution in [0.3, 0.4) is 0 Å². The maximum absolute atomic E-state index is 11.6. The Hall–Kier alpha value is -0.790. The Labute approximate surface area is 84.3 Å². The minimum atomic E-state index is -0.0729. The fraction of sp³-hybridized carbons (Fsp3) is 0.750. The molecule has 2 unspecified atom stereocenters. The van der Waals surface area contributed by atoms with Crippen LogP contribution >= 0.6 is 0 Å². The van der Waals surface area contributed by atoms with Crippen LogP contribution in [0.4, 0.5) is 0 Å². The normalized spacial score (nSPS) is 43.6. The van der Waals surface area contributed by atoms with Gasteiger partial charge in [0.1, 0.15) is 0 Å². The van der Waals surface area contributed by atoms with Crippen molar-refractivity contribution in [3.63, 3.8) is 0 Å². The molecule has 0 aromatic carbocycles. The van der Waals surface area contributed by atoms with Crippen LogP contribution in [-0.2, 0) is 9.53 Å². The summed E-state index contributed by atoms with van der Waals surface area (Å²) in [7, 11) is 1.49. The first-order chi connectivity index (χ1) is 6.79. The first kappa shape index (κ1) is 8.51. The third-order valence-corrected chi connectivity index (χ3v) is 4.33. The predicted octanol–water partition coefficient (Wildman–Crippen LogP) is 2.15. The SMILES string of the molecule is COC(=O)C1=CC2CC3CCC(C2)C13. The number of hydrogen-bond acceptors (Lipinski definition) is 2. The molecule has 76 valence electrons. The van der Waals surface area contributed by atoms with Crippen molar-refractivity contribution in [2.45, 2.75) is 25.7 Å². The summed E-state index contributed by atoms with van der Waals surface area (Å²) >= 11 is 0. The van der Waals surface area contributed by atoms with Gasteiger partial charge in [0.25, 0.3) is 0 Å². The van der Waals surface area contributed by atoms with Crippen molar-refractivity contribution in [3.8, 4) is 0 Å². The molecule has 2 saturated carbocycles. The smallest absolute Gasteiger partial charge is 0.333 e. The molecule has 4 bridgehead atoms. The standard InChI is InChI=1S/C12H16O2/c1-14-12(13)10-6-7-4-8-2-3-9(5-7)11(8)10/h6-9,11H,2-5H2,1H3. The summed E-state index contributed by atoms with van der Waals surface area (Å²) in [4.78, 5) is 11.6. The summed E-state index contributed by atoms with van der Waals surface area (Å²) in [6.45, 7) is 0. The summed E-state index contributed by atoms with van der Waals surface area (Å²) in [6, 6.07) is 0. The maximum atomic E-state index is 11.6. The van der Waals surface area contributed by atoms with Gasteiger partial charge in [0.15, 0.2) is 0 Å². The highest BCUT2D eigenvalue weighted by atomic mass is 16.5. The topological polar surface area (TPSA) is 26.3 Å². The van der Waals surface area contributed by atoms with Gasteiger partial charge in [-0.25, -0.2) is 4.79 Å². The van der Waals surface area contributed by atoms with E-state index in [-0.39, 0.29) is 5.97 Å². The molecule has 0 saturated heterocycles. The van der Waals surface area contributed by atoms with Crippen LogP contribution in [0.5, 0.6) is 0 Å². The largest absolute Gasteiger partial charge is 0.466 e. The van der Waals surface area contributed by atoms with E-state index >= 15 is 0 Å². The number of carbonyl (C=O) groups is 1. The predicted molar refractivity (Wildman–Crippen MR) is 52.5 cm³/mol. The van der Waals surface area contributed by atoms with Gasteiger partial charge in [-0.3, -0.25) is 0 Å². The molecule has 14 heavy (non-hydrogen) atoms. The Morgan fingerprint density at radius 2 is 2.00 bits per heavy atom. The molecule has 0 N–H and O–H groups in total. The molecule has 0 aromatic heterocycles. The van der Waals surface area contributed by atoms with E-state index in [9.17, 15) is 4.79 Å². The highest BCUT2D eigenvalue weighted by Gasteiger charge is 2.49. The second-order valence-electron chi connectivity index (χ2n) is 4.97. The molecule has 4 rings (SSSR count). The Morgan fingerprint density at radius 3 is 2.57 bits per heavy atom. The zero-order valence-corrected chi connectivity index (χ0v) is 8.53. The highest BCUT2D eigenvalue weighted by molar-refractivity contribution is 5.89. The number of esters is 1. The summed E-state index contributed by atoms with van der Waals surface area (Å²) in [6.07, 6.45) is 7.50. The van der Waals surface area contributed by atoms with E-state index < -0.39 is 0 Å². The van der Waals surface area contributed by atoms with Gasteiger partial charge in [0.2, 0.25) is 0 Å². The van der Waals surface area contributed by atoms with Gasteiger partial charge < -0.3 is 4.74 Å². The molecule has 0 aromatic rings. The molecule has 0 heterocycles. The number of rotatable bonds is 1. The lowest BCUT2D eigenvalue weighted by Crippen LogP contribution is -2.35. The van der Waals surface area contributed by atoms with Gasteiger partial charge in [-0.15, -0.1) is 0 Å². The van der Waals surface area contributed by atoms with Crippen LogP contribution in [-0.4, -0.2) is 13.1 Å². The van der Waals surface area contributed by atoms with E-state index in [1.54, 1.807) is 0 Å². The van der Waals surface area contributed by atoms with Gasteiger partial charge in [-0.1, -0.05) is 6.08 Å². The van der Waals surface area contributed by atoms with E-state index in [1.165, 1.54) is 32.8 Å². The van der Waals surface area contributed by atoms with Crippen LogP contribution in [0.2, 0.25) is 0 Å². The lowest BCUT2D eigenvalue weighted by atomic mass is 9.64. The van der Waals surface area contributed by atoms with E-state index in [1.807, 2.05) is 0 Å². The Balaban J connectivity index is 1.97. The van der Waals surface area contributed by atoms with Crippen molar-refractivity contribution >= 4 is 5.97 Å². The summed E-state index contributed by atoms with van der Waals surface area (Å²) in [5.41, 5.74) is 1.00. The molecule has 0 radical (unpaired) electrons. The second kappa shape index (κ2) is 2.85. The van der Waals surface area contributed by atoms with E-state index in [0.717, 1.165) is 17.4 Å². The summed E-state index contributed by atoms with van der Waals surface area (Å²) in [5.74, 6) is 2.73. The number of allylic oxidation sites excluding steroid dienone is 1. The van der Waals surface area contributed by atoms with Crippen LogP contribution in [0.15, 0.2) is 11.6 Å². The lowest BCUT2D eigenvalue weighted by Gasteiger charge is -2.40. The molecule has 2 fully saturated rings. The molecular formula is C12H16O2. The number of ether oxygens (including phenoxy) is 1. The fourth-order valence-corrected chi connectivity index (χ4v) is 3.91. The second-order valence-corrected chi connectivity index (χ2v) is 4.97. The van der Waals surface area contributed by atoms with E-state index in [0.29, 0.717) is 11.8 Å². The highest BCUT2D eigenvalue weighted by Crippen LogP contribution is 2.56. The maximum Gasteiger partial charge on any atom is 0.333 e. The minimum Gasteiger partial charge on any atom is -0.466 e. The van der Waals surface area contributed by atoms with Gasteiger partial charge in [-0.2, -0.15) is 0 Å². The van der Waals surface area contributed by atoms with Crippen LogP contribution in [0, 0.1) is 23.7 Å². The van der Waals surface area contributed by atoms with Crippen LogP contribution in [0.1, 0.15) is 25.7 Å². The van der Waals surface area contributed by atoms with E-state index in [2.05, 4.69) is 6.08 Å². The average molecular weight is 192 g/mol. The molecule has 2 nitrogen and oxygen atoms in total. The summed E-state index contributed by atoms with van der Waals surface area (Å²) in [5, 5.41) is 0. The molecule has 4 aliphatic rings. The minimum absolute atomic E-state index is 0.0729. The molecule has 0 spiro atoms. The van der Waals surface area contributed by atoms with Crippen LogP contribution in [0.25, 0.3) is 0 Å². The van der Waals surface area contributed by atoms with Gasteiger partial charge in [-0.05, 0) is 49.4 Å². The first-order valence-electron chi connectivity index (χ1n) is 5.59. The monoisotopic (exact) mass is 192 g/mol. The van der Waals surface area contributed by atoms with Crippen molar-refractivity contribution in [3.05, 3.63) is 11.6 Å². The molecule has 4 aliphatic carbocycles. The molecular weight excluding hydrogens is 176 g/mol. The number of carbonyl (C=O) groups excluding carboxylic acids is 1. The number of hydrogen-bond donors (Lipinski definition) is 0. The third-order valence-electron chi connectivity index (χ3n) is 4.33. The van der Waals surface area contributed by atoms with Gasteiger partial charge >= 0.3 is 5.97 Å². The lowest BCUT2D eigenvalue weighted by molar-refractivity contribution is -0.137. The Bertz CT molecular complexity index is 291. The van der Waals surface area contributed by atoms with Crippen molar-refractivity contribution in [2.24, 2.45) is 23.7 Å². The number of methoxy groups -OCH3 is 1. The Kier molecular flexibility index (Phi) is 1.73. The van der Waals surface area contributed by atoms with Crippen molar-refractivity contribution < 1.29 is 9.53 Å². The average Bonchev–Trinajstić information content (AvgIpc) is 2.53. The zero-order chi connectivity index (χ0) is 9.71. The molecule has 0 aliphatic heterocycles. The fourth-order valence-electron chi connectivity index (χ4n) is 3.91. The first-order valence-corrected chi connectivity index (χ1v) is 5.59. The van der Waals surface area contributed by atoms with E-state index in [4.69, 9.17) is 4.74 Å². The molecule has 2 heteroatoms. The van der Waals surface area contributed by atoms with Crippen LogP contribution < -0.4 is 0 Å². The quantitative estimate of drug-likeness (QED) is 0.595.